The van der Waals surface area contributed by atoms with E-state index in [4.69, 9.17) is 5.73 Å². The van der Waals surface area contributed by atoms with E-state index in [0.717, 1.165) is 0 Å². The quantitative estimate of drug-likeness (QED) is 0.729. The first-order valence-electron chi connectivity index (χ1n) is 5.77. The lowest BCUT2D eigenvalue weighted by molar-refractivity contribution is 0.617. The third-order valence-electron chi connectivity index (χ3n) is 3.14. The normalized spacial score (nSPS) is 11.1. The topological polar surface area (TPSA) is 43.8 Å². The lowest BCUT2D eigenvalue weighted by Gasteiger charge is -2.10. The number of rotatable bonds is 1. The maximum absolute atomic E-state index is 13.7. The molecule has 1 heterocycles. The molecule has 0 radical (unpaired) electrons. The van der Waals surface area contributed by atoms with E-state index < -0.39 is 5.82 Å². The van der Waals surface area contributed by atoms with Gasteiger partial charge in [0.2, 0.25) is 5.95 Å². The molecule has 0 aliphatic carbocycles. The average molecular weight is 259 g/mol. The molecule has 0 amide bonds. The van der Waals surface area contributed by atoms with Crippen LogP contribution < -0.4 is 5.73 Å². The Kier molecular flexibility index (Phi) is 2.48. The number of halogens is 2. The van der Waals surface area contributed by atoms with E-state index in [9.17, 15) is 8.78 Å². The molecule has 3 rings (SSSR count). The van der Waals surface area contributed by atoms with Crippen LogP contribution in [0.5, 0.6) is 0 Å². The Hall–Kier alpha value is -2.43. The van der Waals surface area contributed by atoms with Crippen molar-refractivity contribution < 1.29 is 8.78 Å². The second-order valence-electron chi connectivity index (χ2n) is 4.30. The summed E-state index contributed by atoms with van der Waals surface area (Å²) in [5.41, 5.74) is 7.54. The minimum absolute atomic E-state index is 0.133. The van der Waals surface area contributed by atoms with Gasteiger partial charge < -0.3 is 5.73 Å². The lowest BCUT2D eigenvalue weighted by Crippen LogP contribution is -2.03. The molecule has 0 unspecified atom stereocenters. The minimum Gasteiger partial charge on any atom is -0.369 e. The monoisotopic (exact) mass is 259 g/mol. The minimum atomic E-state index is -0.447. The van der Waals surface area contributed by atoms with Crippen LogP contribution in [0, 0.1) is 18.6 Å². The second kappa shape index (κ2) is 4.05. The van der Waals surface area contributed by atoms with Crippen molar-refractivity contribution in [2.45, 2.75) is 6.92 Å². The number of anilines is 1. The number of para-hydroxylation sites is 1. The van der Waals surface area contributed by atoms with Gasteiger partial charge in [-0.1, -0.05) is 12.1 Å². The maximum atomic E-state index is 13.7. The first-order valence-corrected chi connectivity index (χ1v) is 5.77. The van der Waals surface area contributed by atoms with E-state index in [2.05, 4.69) is 4.98 Å². The zero-order valence-corrected chi connectivity index (χ0v) is 10.2. The van der Waals surface area contributed by atoms with Gasteiger partial charge in [-0.05, 0) is 31.2 Å². The number of imidazole rings is 1. The van der Waals surface area contributed by atoms with Crippen molar-refractivity contribution in [3.63, 3.8) is 0 Å². The highest BCUT2D eigenvalue weighted by molar-refractivity contribution is 5.81. The second-order valence-corrected chi connectivity index (χ2v) is 4.30. The van der Waals surface area contributed by atoms with E-state index >= 15 is 0 Å². The average Bonchev–Trinajstić information content (AvgIpc) is 2.71. The number of hydrogen-bond donors (Lipinski definition) is 1. The number of nitrogen functional groups attached to an aromatic ring is 1. The molecule has 1 aromatic heterocycles. The van der Waals surface area contributed by atoms with Gasteiger partial charge in [-0.3, -0.25) is 4.57 Å². The van der Waals surface area contributed by atoms with Gasteiger partial charge in [0, 0.05) is 5.56 Å². The first kappa shape index (κ1) is 11.6. The van der Waals surface area contributed by atoms with Gasteiger partial charge in [-0.15, -0.1) is 0 Å². The van der Waals surface area contributed by atoms with E-state index in [0.29, 0.717) is 16.8 Å². The van der Waals surface area contributed by atoms with Crippen molar-refractivity contribution in [3.8, 4) is 5.69 Å². The number of hydrogen-bond acceptors (Lipinski definition) is 2. The SMILES string of the molecule is Cc1c(F)cccc1-n1c(N)nc2c(F)cccc21. The number of nitrogens with zero attached hydrogens (tertiary/aromatic N) is 2. The Labute approximate surface area is 108 Å². The zero-order chi connectivity index (χ0) is 13.6. The van der Waals surface area contributed by atoms with Gasteiger partial charge in [0.25, 0.3) is 0 Å². The molecule has 2 N–H and O–H groups in total. The standard InChI is InChI=1S/C14H11F2N3/c1-8-9(15)4-2-6-11(8)19-12-7-3-5-10(16)13(12)18-14(19)17/h2-7H,1H3,(H2,17,18). The largest absolute Gasteiger partial charge is 0.369 e. The number of nitrogens with two attached hydrogens (primary N) is 1. The number of aromatic nitrogens is 2. The van der Waals surface area contributed by atoms with E-state index in [1.54, 1.807) is 35.8 Å². The summed E-state index contributed by atoms with van der Waals surface area (Å²) in [6.07, 6.45) is 0. The smallest absolute Gasteiger partial charge is 0.206 e. The first-order chi connectivity index (χ1) is 9.09. The summed E-state index contributed by atoms with van der Waals surface area (Å²) < 4.78 is 28.9. The molecule has 0 saturated carbocycles. The summed E-state index contributed by atoms with van der Waals surface area (Å²) in [7, 11) is 0. The Morgan fingerprint density at radius 3 is 2.53 bits per heavy atom. The highest BCUT2D eigenvalue weighted by Gasteiger charge is 2.15. The van der Waals surface area contributed by atoms with Crippen LogP contribution >= 0.6 is 0 Å². The molecular weight excluding hydrogens is 248 g/mol. The molecule has 0 spiro atoms. The summed E-state index contributed by atoms with van der Waals surface area (Å²) in [6.45, 7) is 1.65. The van der Waals surface area contributed by atoms with E-state index in [1.165, 1.54) is 12.1 Å². The van der Waals surface area contributed by atoms with Gasteiger partial charge >= 0.3 is 0 Å². The van der Waals surface area contributed by atoms with Crippen LogP contribution in [0.3, 0.4) is 0 Å². The summed E-state index contributed by atoms with van der Waals surface area (Å²) in [5.74, 6) is -0.652. The van der Waals surface area contributed by atoms with Crippen molar-refractivity contribution in [2.24, 2.45) is 0 Å². The molecule has 0 fully saturated rings. The van der Waals surface area contributed by atoms with Crippen LogP contribution in [0.2, 0.25) is 0 Å². The molecule has 0 saturated heterocycles. The van der Waals surface area contributed by atoms with Crippen molar-refractivity contribution >= 4 is 17.0 Å². The third-order valence-corrected chi connectivity index (χ3v) is 3.14. The summed E-state index contributed by atoms with van der Waals surface area (Å²) in [4.78, 5) is 4.00. The summed E-state index contributed by atoms with van der Waals surface area (Å²) in [6, 6.07) is 9.27. The van der Waals surface area contributed by atoms with Crippen LogP contribution in [0.15, 0.2) is 36.4 Å². The van der Waals surface area contributed by atoms with Crippen molar-refractivity contribution in [3.05, 3.63) is 53.6 Å². The molecule has 0 atom stereocenters. The highest BCUT2D eigenvalue weighted by atomic mass is 19.1. The molecular formula is C14H11F2N3. The van der Waals surface area contributed by atoms with Gasteiger partial charge in [0.1, 0.15) is 11.3 Å². The Bertz CT molecular complexity index is 778. The molecule has 19 heavy (non-hydrogen) atoms. The van der Waals surface area contributed by atoms with Crippen molar-refractivity contribution in [1.29, 1.82) is 0 Å². The van der Waals surface area contributed by atoms with Crippen LogP contribution in [0.1, 0.15) is 5.56 Å². The van der Waals surface area contributed by atoms with Crippen LogP contribution in [-0.2, 0) is 0 Å². The zero-order valence-electron chi connectivity index (χ0n) is 10.2. The van der Waals surface area contributed by atoms with Crippen LogP contribution in [-0.4, -0.2) is 9.55 Å². The van der Waals surface area contributed by atoms with Crippen LogP contribution in [0.25, 0.3) is 16.7 Å². The fourth-order valence-corrected chi connectivity index (χ4v) is 2.17. The predicted octanol–water partition coefficient (Wildman–Crippen LogP) is 3.19. The van der Waals surface area contributed by atoms with Crippen molar-refractivity contribution in [2.75, 3.05) is 5.73 Å². The molecule has 3 aromatic rings. The molecule has 0 bridgehead atoms. The van der Waals surface area contributed by atoms with Crippen molar-refractivity contribution in [1.82, 2.24) is 9.55 Å². The fraction of sp³-hybridized carbons (Fsp3) is 0.0714. The van der Waals surface area contributed by atoms with Crippen LogP contribution in [0.4, 0.5) is 14.7 Å². The van der Waals surface area contributed by atoms with Gasteiger partial charge in [0.15, 0.2) is 5.82 Å². The van der Waals surface area contributed by atoms with Gasteiger partial charge in [-0.2, -0.15) is 0 Å². The van der Waals surface area contributed by atoms with E-state index in [1.807, 2.05) is 0 Å². The Morgan fingerprint density at radius 2 is 1.74 bits per heavy atom. The third kappa shape index (κ3) is 1.66. The molecule has 3 nitrogen and oxygen atoms in total. The Morgan fingerprint density at radius 1 is 1.05 bits per heavy atom. The molecule has 96 valence electrons. The predicted molar refractivity (Wildman–Crippen MR) is 70.1 cm³/mol. The van der Waals surface area contributed by atoms with Gasteiger partial charge in [0.05, 0.1) is 11.2 Å². The number of fused-ring (bicyclic) bond motifs is 1. The molecule has 5 heteroatoms. The highest BCUT2D eigenvalue weighted by Crippen LogP contribution is 2.27. The van der Waals surface area contributed by atoms with E-state index in [-0.39, 0.29) is 17.3 Å². The lowest BCUT2D eigenvalue weighted by atomic mass is 10.2. The summed E-state index contributed by atoms with van der Waals surface area (Å²) in [5, 5.41) is 0. The summed E-state index contributed by atoms with van der Waals surface area (Å²) >= 11 is 0. The molecule has 0 aliphatic heterocycles. The maximum Gasteiger partial charge on any atom is 0.206 e. The number of benzene rings is 2. The molecule has 2 aromatic carbocycles. The molecule has 0 aliphatic rings. The van der Waals surface area contributed by atoms with Gasteiger partial charge in [-0.25, -0.2) is 13.8 Å². The Balaban J connectivity index is 2.40. The fourth-order valence-electron chi connectivity index (χ4n) is 2.17.